The summed E-state index contributed by atoms with van der Waals surface area (Å²) in [7, 11) is 1.38. The van der Waals surface area contributed by atoms with Crippen molar-refractivity contribution in [3.8, 4) is 0 Å². The minimum atomic E-state index is -1.22. The van der Waals surface area contributed by atoms with E-state index in [0.717, 1.165) is 11.0 Å². The lowest BCUT2D eigenvalue weighted by atomic mass is 10.1. The zero-order chi connectivity index (χ0) is 17.0. The number of benzene rings is 2. The number of para-hydroxylation sites is 1. The van der Waals surface area contributed by atoms with E-state index in [9.17, 15) is 18.4 Å². The average molecular weight is 319 g/mol. The number of hydrogen-bond donors (Lipinski definition) is 0. The van der Waals surface area contributed by atoms with Gasteiger partial charge in [-0.05, 0) is 31.2 Å². The molecular weight excluding hydrogens is 304 g/mol. The van der Waals surface area contributed by atoms with Gasteiger partial charge in [-0.15, -0.1) is 0 Å². The molecule has 0 saturated carbocycles. The maximum absolute atomic E-state index is 13.8. The number of nitrogens with zero attached hydrogens (tertiary/aromatic N) is 1. The Kier molecular flexibility index (Phi) is 5.05. The van der Waals surface area contributed by atoms with Crippen LogP contribution < -0.4 is 4.90 Å². The molecule has 2 aromatic rings. The minimum Gasteiger partial charge on any atom is -0.462 e. The molecule has 0 atom stereocenters. The van der Waals surface area contributed by atoms with Crippen LogP contribution in [0.3, 0.4) is 0 Å². The molecule has 0 aliphatic heterocycles. The first kappa shape index (κ1) is 16.6. The second-order valence-electron chi connectivity index (χ2n) is 4.70. The number of rotatable bonds is 4. The molecule has 0 unspecified atom stereocenters. The van der Waals surface area contributed by atoms with E-state index in [2.05, 4.69) is 0 Å². The van der Waals surface area contributed by atoms with Crippen LogP contribution in [0.15, 0.2) is 42.5 Å². The van der Waals surface area contributed by atoms with Crippen LogP contribution in [0.4, 0.5) is 14.5 Å². The Morgan fingerprint density at radius 3 is 2.39 bits per heavy atom. The van der Waals surface area contributed by atoms with Crippen molar-refractivity contribution in [1.82, 2.24) is 0 Å². The van der Waals surface area contributed by atoms with Gasteiger partial charge in [-0.1, -0.05) is 18.2 Å². The highest BCUT2D eigenvalue weighted by atomic mass is 19.2. The largest absolute Gasteiger partial charge is 0.462 e. The van der Waals surface area contributed by atoms with Crippen LogP contribution in [0.25, 0.3) is 0 Å². The first-order valence-corrected chi connectivity index (χ1v) is 6.95. The number of hydrogen-bond acceptors (Lipinski definition) is 3. The zero-order valence-electron chi connectivity index (χ0n) is 12.7. The molecule has 0 saturated heterocycles. The van der Waals surface area contributed by atoms with Gasteiger partial charge in [-0.25, -0.2) is 13.6 Å². The molecule has 0 fully saturated rings. The molecule has 0 heterocycles. The molecule has 2 aromatic carbocycles. The number of halogens is 2. The Morgan fingerprint density at radius 2 is 1.70 bits per heavy atom. The summed E-state index contributed by atoms with van der Waals surface area (Å²) >= 11 is 0. The molecule has 0 radical (unpaired) electrons. The van der Waals surface area contributed by atoms with E-state index in [4.69, 9.17) is 4.74 Å². The molecule has 4 nitrogen and oxygen atoms in total. The molecule has 0 aromatic heterocycles. The molecule has 6 heteroatoms. The lowest BCUT2D eigenvalue weighted by molar-refractivity contribution is 0.0527. The second kappa shape index (κ2) is 7.00. The van der Waals surface area contributed by atoms with Crippen molar-refractivity contribution in [2.45, 2.75) is 6.92 Å². The van der Waals surface area contributed by atoms with Crippen molar-refractivity contribution < 1.29 is 23.1 Å². The quantitative estimate of drug-likeness (QED) is 0.811. The van der Waals surface area contributed by atoms with Gasteiger partial charge >= 0.3 is 5.97 Å². The SMILES string of the molecule is CCOC(=O)c1ccccc1N(C)C(=O)c1cccc(F)c1F. The van der Waals surface area contributed by atoms with Crippen LogP contribution in [-0.2, 0) is 4.74 Å². The van der Waals surface area contributed by atoms with Gasteiger partial charge < -0.3 is 9.64 Å². The van der Waals surface area contributed by atoms with Crippen molar-refractivity contribution in [2.75, 3.05) is 18.6 Å². The normalized spacial score (nSPS) is 10.3. The first-order chi connectivity index (χ1) is 11.0. The number of amides is 1. The molecule has 120 valence electrons. The van der Waals surface area contributed by atoms with Gasteiger partial charge in [0.15, 0.2) is 11.6 Å². The topological polar surface area (TPSA) is 46.6 Å². The van der Waals surface area contributed by atoms with Gasteiger partial charge in [0.2, 0.25) is 0 Å². The summed E-state index contributed by atoms with van der Waals surface area (Å²) in [5.41, 5.74) is 0.00721. The smallest absolute Gasteiger partial charge is 0.340 e. The van der Waals surface area contributed by atoms with Crippen LogP contribution in [0.2, 0.25) is 0 Å². The van der Waals surface area contributed by atoms with E-state index in [1.165, 1.54) is 31.3 Å². The van der Waals surface area contributed by atoms with Crippen molar-refractivity contribution in [3.05, 3.63) is 65.2 Å². The van der Waals surface area contributed by atoms with E-state index in [-0.39, 0.29) is 17.9 Å². The molecular formula is C17H15F2NO3. The highest BCUT2D eigenvalue weighted by Crippen LogP contribution is 2.23. The zero-order valence-corrected chi connectivity index (χ0v) is 12.7. The Morgan fingerprint density at radius 1 is 1.04 bits per heavy atom. The minimum absolute atomic E-state index is 0.169. The number of ether oxygens (including phenoxy) is 1. The number of esters is 1. The summed E-state index contributed by atoms with van der Waals surface area (Å²) in [5.74, 6) is -3.69. The van der Waals surface area contributed by atoms with Crippen molar-refractivity contribution in [2.24, 2.45) is 0 Å². The third-order valence-electron chi connectivity index (χ3n) is 3.25. The van der Waals surface area contributed by atoms with Gasteiger partial charge in [0.25, 0.3) is 5.91 Å². The molecule has 1 amide bonds. The molecule has 0 spiro atoms. The van der Waals surface area contributed by atoms with Crippen LogP contribution in [0, 0.1) is 11.6 Å². The number of carbonyl (C=O) groups is 2. The van der Waals surface area contributed by atoms with Crippen LogP contribution in [-0.4, -0.2) is 25.5 Å². The Bertz CT molecular complexity index is 746. The number of anilines is 1. The number of carbonyl (C=O) groups excluding carboxylic acids is 2. The third-order valence-corrected chi connectivity index (χ3v) is 3.25. The van der Waals surface area contributed by atoms with E-state index in [0.29, 0.717) is 0 Å². The first-order valence-electron chi connectivity index (χ1n) is 6.95. The molecule has 0 bridgehead atoms. The summed E-state index contributed by atoms with van der Waals surface area (Å²) < 4.78 is 32.0. The van der Waals surface area contributed by atoms with E-state index >= 15 is 0 Å². The van der Waals surface area contributed by atoms with Crippen molar-refractivity contribution in [1.29, 1.82) is 0 Å². The van der Waals surface area contributed by atoms with Crippen molar-refractivity contribution in [3.63, 3.8) is 0 Å². The summed E-state index contributed by atoms with van der Waals surface area (Å²) in [6, 6.07) is 9.64. The predicted molar refractivity (Wildman–Crippen MR) is 81.5 cm³/mol. The van der Waals surface area contributed by atoms with Crippen molar-refractivity contribution >= 4 is 17.6 Å². The predicted octanol–water partition coefficient (Wildman–Crippen LogP) is 3.42. The highest BCUT2D eigenvalue weighted by Gasteiger charge is 2.23. The van der Waals surface area contributed by atoms with Gasteiger partial charge in [-0.2, -0.15) is 0 Å². The fraction of sp³-hybridized carbons (Fsp3) is 0.176. The Labute approximate surface area is 132 Å². The van der Waals surface area contributed by atoms with Crippen LogP contribution in [0.1, 0.15) is 27.6 Å². The monoisotopic (exact) mass is 319 g/mol. The standard InChI is InChI=1S/C17H15F2NO3/c1-3-23-17(22)11-7-4-5-10-14(11)20(2)16(21)12-8-6-9-13(18)15(12)19/h4-10H,3H2,1-2H3. The summed E-state index contributed by atoms with van der Waals surface area (Å²) in [6.07, 6.45) is 0. The summed E-state index contributed by atoms with van der Waals surface area (Å²) in [5, 5.41) is 0. The average Bonchev–Trinajstić information content (AvgIpc) is 2.56. The summed E-state index contributed by atoms with van der Waals surface area (Å²) in [6.45, 7) is 1.85. The molecule has 0 N–H and O–H groups in total. The lowest BCUT2D eigenvalue weighted by Gasteiger charge is -2.20. The van der Waals surface area contributed by atoms with Gasteiger partial charge in [0.05, 0.1) is 23.4 Å². The molecule has 0 aliphatic rings. The van der Waals surface area contributed by atoms with Crippen LogP contribution >= 0.6 is 0 Å². The van der Waals surface area contributed by atoms with Gasteiger partial charge in [-0.3, -0.25) is 4.79 Å². The highest BCUT2D eigenvalue weighted by molar-refractivity contribution is 6.09. The molecule has 2 rings (SSSR count). The second-order valence-corrected chi connectivity index (χ2v) is 4.70. The maximum atomic E-state index is 13.8. The van der Waals surface area contributed by atoms with E-state index in [1.54, 1.807) is 19.1 Å². The van der Waals surface area contributed by atoms with E-state index < -0.39 is 29.1 Å². The fourth-order valence-corrected chi connectivity index (χ4v) is 2.11. The maximum Gasteiger partial charge on any atom is 0.340 e. The summed E-state index contributed by atoms with van der Waals surface area (Å²) in [4.78, 5) is 25.5. The van der Waals surface area contributed by atoms with Gasteiger partial charge in [0.1, 0.15) is 0 Å². The van der Waals surface area contributed by atoms with Crippen LogP contribution in [0.5, 0.6) is 0 Å². The Balaban J connectivity index is 2.41. The third kappa shape index (κ3) is 3.36. The van der Waals surface area contributed by atoms with E-state index in [1.807, 2.05) is 0 Å². The van der Waals surface area contributed by atoms with Gasteiger partial charge in [0, 0.05) is 7.05 Å². The molecule has 0 aliphatic carbocycles. The molecule has 23 heavy (non-hydrogen) atoms. The lowest BCUT2D eigenvalue weighted by Crippen LogP contribution is -2.29. The fourth-order valence-electron chi connectivity index (χ4n) is 2.11. The Hall–Kier alpha value is -2.76.